The summed E-state index contributed by atoms with van der Waals surface area (Å²) in [6, 6.07) is 0. The number of halogens is 1. The maximum atomic E-state index is 12.4. The minimum absolute atomic E-state index is 0. The van der Waals surface area contributed by atoms with Gasteiger partial charge in [-0.25, -0.2) is 4.79 Å². The second-order valence-electron chi connectivity index (χ2n) is 9.25. The third kappa shape index (κ3) is 10.3. The molecule has 2 aliphatic rings. The van der Waals surface area contributed by atoms with Gasteiger partial charge in [-0.2, -0.15) is 0 Å². The van der Waals surface area contributed by atoms with Crippen molar-refractivity contribution in [2.45, 2.75) is 65.9 Å². The lowest BCUT2D eigenvalue weighted by Gasteiger charge is -2.36. The van der Waals surface area contributed by atoms with Gasteiger partial charge in [-0.1, -0.05) is 0 Å². The van der Waals surface area contributed by atoms with Crippen LogP contribution in [0.2, 0.25) is 0 Å². The molecule has 9 heteroatoms. The Morgan fingerprint density at radius 1 is 1.10 bits per heavy atom. The van der Waals surface area contributed by atoms with Crippen LogP contribution in [0.5, 0.6) is 0 Å². The summed E-state index contributed by atoms with van der Waals surface area (Å²) in [4.78, 5) is 32.9. The van der Waals surface area contributed by atoms with Crippen molar-refractivity contribution in [2.75, 3.05) is 45.8 Å². The molecule has 1 saturated heterocycles. The van der Waals surface area contributed by atoms with E-state index in [4.69, 9.17) is 9.73 Å². The van der Waals surface area contributed by atoms with Gasteiger partial charge in [0.25, 0.3) is 0 Å². The molecule has 31 heavy (non-hydrogen) atoms. The van der Waals surface area contributed by atoms with Gasteiger partial charge in [-0.15, -0.1) is 24.0 Å². The standard InChI is InChI=1S/C22H41N5O3.HI/c1-6-23-20(25-13-12-24-19(28)18-8-9-18)27-14-10-17(11-15-27)16-26(7-2)21(29)30-22(3,4)5;/h17-18H,6-16H2,1-5H3,(H,23,25)(H,24,28);1H. The van der Waals surface area contributed by atoms with Crippen LogP contribution in [0.25, 0.3) is 0 Å². The Morgan fingerprint density at radius 2 is 1.74 bits per heavy atom. The lowest BCUT2D eigenvalue weighted by atomic mass is 9.96. The molecule has 0 aromatic rings. The van der Waals surface area contributed by atoms with E-state index in [-0.39, 0.29) is 41.9 Å². The van der Waals surface area contributed by atoms with Crippen LogP contribution in [0.1, 0.15) is 60.3 Å². The summed E-state index contributed by atoms with van der Waals surface area (Å²) in [6.07, 6.45) is 3.85. The predicted octanol–water partition coefficient (Wildman–Crippen LogP) is 3.07. The first kappa shape index (κ1) is 27.8. The van der Waals surface area contributed by atoms with Crippen LogP contribution in [-0.2, 0) is 9.53 Å². The van der Waals surface area contributed by atoms with Gasteiger partial charge in [0.1, 0.15) is 5.60 Å². The van der Waals surface area contributed by atoms with Crippen molar-refractivity contribution >= 4 is 41.9 Å². The molecule has 0 radical (unpaired) electrons. The third-order valence-corrected chi connectivity index (χ3v) is 5.38. The van der Waals surface area contributed by atoms with Crippen molar-refractivity contribution in [3.05, 3.63) is 0 Å². The number of nitrogens with zero attached hydrogens (tertiary/aromatic N) is 3. The topological polar surface area (TPSA) is 86.3 Å². The molecule has 0 aromatic heterocycles. The van der Waals surface area contributed by atoms with Gasteiger partial charge in [0.05, 0.1) is 6.54 Å². The molecule has 1 heterocycles. The van der Waals surface area contributed by atoms with Crippen LogP contribution < -0.4 is 10.6 Å². The minimum atomic E-state index is -0.469. The average Bonchev–Trinajstić information content (AvgIpc) is 3.53. The Bertz CT molecular complexity index is 596. The fraction of sp³-hybridized carbons (Fsp3) is 0.864. The van der Waals surface area contributed by atoms with E-state index >= 15 is 0 Å². The van der Waals surface area contributed by atoms with Gasteiger partial charge in [0.15, 0.2) is 5.96 Å². The van der Waals surface area contributed by atoms with Crippen LogP contribution in [-0.4, -0.2) is 79.2 Å². The van der Waals surface area contributed by atoms with Gasteiger partial charge < -0.3 is 25.2 Å². The fourth-order valence-corrected chi connectivity index (χ4v) is 3.55. The molecule has 180 valence electrons. The lowest BCUT2D eigenvalue weighted by molar-refractivity contribution is -0.122. The Kier molecular flexibility index (Phi) is 11.9. The molecule has 1 aliphatic carbocycles. The van der Waals surface area contributed by atoms with E-state index in [0.29, 0.717) is 25.6 Å². The molecule has 0 bridgehead atoms. The molecule has 0 spiro atoms. The van der Waals surface area contributed by atoms with Crippen LogP contribution in [0.4, 0.5) is 4.79 Å². The number of likely N-dealkylation sites (tertiary alicyclic amines) is 1. The molecule has 2 N–H and O–H groups in total. The molecule has 2 amide bonds. The Morgan fingerprint density at radius 3 is 2.26 bits per heavy atom. The largest absolute Gasteiger partial charge is 0.444 e. The van der Waals surface area contributed by atoms with Crippen LogP contribution in [0.15, 0.2) is 4.99 Å². The molecule has 1 aliphatic heterocycles. The van der Waals surface area contributed by atoms with Crippen molar-refractivity contribution in [1.82, 2.24) is 20.4 Å². The van der Waals surface area contributed by atoms with E-state index in [1.165, 1.54) is 0 Å². The highest BCUT2D eigenvalue weighted by Gasteiger charge is 2.29. The molecule has 0 unspecified atom stereocenters. The summed E-state index contributed by atoms with van der Waals surface area (Å²) in [6.45, 7) is 15.0. The molecule has 0 aromatic carbocycles. The smallest absolute Gasteiger partial charge is 0.410 e. The lowest BCUT2D eigenvalue weighted by Crippen LogP contribution is -2.48. The molecule has 2 rings (SSSR count). The van der Waals surface area contributed by atoms with Gasteiger partial charge in [0.2, 0.25) is 5.91 Å². The van der Waals surface area contributed by atoms with Crippen molar-refractivity contribution in [1.29, 1.82) is 0 Å². The summed E-state index contributed by atoms with van der Waals surface area (Å²) in [7, 11) is 0. The Labute approximate surface area is 204 Å². The minimum Gasteiger partial charge on any atom is -0.444 e. The molecule has 8 nitrogen and oxygen atoms in total. The summed E-state index contributed by atoms with van der Waals surface area (Å²) in [5.74, 6) is 1.79. The number of hydrogen-bond acceptors (Lipinski definition) is 4. The zero-order chi connectivity index (χ0) is 22.1. The number of guanidine groups is 1. The van der Waals surface area contributed by atoms with E-state index in [9.17, 15) is 9.59 Å². The van der Waals surface area contributed by atoms with Gasteiger partial charge in [0, 0.05) is 45.2 Å². The number of carbonyl (C=O) groups excluding carboxylic acids is 2. The van der Waals surface area contributed by atoms with E-state index in [1.54, 1.807) is 0 Å². The van der Waals surface area contributed by atoms with Crippen molar-refractivity contribution in [2.24, 2.45) is 16.8 Å². The number of amides is 2. The first-order valence-corrected chi connectivity index (χ1v) is 11.5. The van der Waals surface area contributed by atoms with Gasteiger partial charge >= 0.3 is 6.09 Å². The van der Waals surface area contributed by atoms with Crippen LogP contribution >= 0.6 is 24.0 Å². The monoisotopic (exact) mass is 551 g/mol. The third-order valence-electron chi connectivity index (χ3n) is 5.38. The number of piperidine rings is 1. The quantitative estimate of drug-likeness (QED) is 0.210. The molecular formula is C22H42IN5O3. The zero-order valence-corrected chi connectivity index (χ0v) is 22.2. The SMILES string of the molecule is CCNC(=NCCNC(=O)C1CC1)N1CCC(CN(CC)C(=O)OC(C)(C)C)CC1.I. The summed E-state index contributed by atoms with van der Waals surface area (Å²) in [5, 5.41) is 6.33. The van der Waals surface area contributed by atoms with E-state index in [2.05, 4.69) is 22.5 Å². The highest BCUT2D eigenvalue weighted by atomic mass is 127. The highest BCUT2D eigenvalue weighted by molar-refractivity contribution is 14.0. The van der Waals surface area contributed by atoms with Crippen molar-refractivity contribution in [3.8, 4) is 0 Å². The second kappa shape index (κ2) is 13.3. The normalized spacial score (nSPS) is 17.6. The highest BCUT2D eigenvalue weighted by Crippen LogP contribution is 2.28. The van der Waals surface area contributed by atoms with Gasteiger partial charge in [-0.3, -0.25) is 9.79 Å². The predicted molar refractivity (Wildman–Crippen MR) is 135 cm³/mol. The fourth-order valence-electron chi connectivity index (χ4n) is 3.55. The molecule has 1 saturated carbocycles. The number of hydrogen-bond donors (Lipinski definition) is 2. The van der Waals surface area contributed by atoms with Crippen LogP contribution in [0, 0.1) is 11.8 Å². The van der Waals surface area contributed by atoms with Crippen molar-refractivity contribution in [3.63, 3.8) is 0 Å². The Balaban J connectivity index is 0.00000480. The van der Waals surface area contributed by atoms with E-state index in [0.717, 1.165) is 57.8 Å². The number of ether oxygens (including phenoxy) is 1. The van der Waals surface area contributed by atoms with Crippen LogP contribution in [0.3, 0.4) is 0 Å². The second-order valence-corrected chi connectivity index (χ2v) is 9.25. The van der Waals surface area contributed by atoms with E-state index in [1.807, 2.05) is 32.6 Å². The average molecular weight is 552 g/mol. The van der Waals surface area contributed by atoms with Crippen molar-refractivity contribution < 1.29 is 14.3 Å². The first-order chi connectivity index (χ1) is 14.2. The summed E-state index contributed by atoms with van der Waals surface area (Å²) >= 11 is 0. The summed E-state index contributed by atoms with van der Waals surface area (Å²) in [5.41, 5.74) is -0.469. The number of rotatable bonds is 8. The molecule has 0 atom stereocenters. The molecule has 2 fully saturated rings. The van der Waals surface area contributed by atoms with E-state index < -0.39 is 5.60 Å². The zero-order valence-electron chi connectivity index (χ0n) is 19.9. The maximum Gasteiger partial charge on any atom is 0.410 e. The number of carbonyl (C=O) groups is 2. The first-order valence-electron chi connectivity index (χ1n) is 11.5. The molecular weight excluding hydrogens is 509 g/mol. The Hall–Kier alpha value is -1.26. The van der Waals surface area contributed by atoms with Gasteiger partial charge in [-0.05, 0) is 66.2 Å². The number of nitrogens with one attached hydrogen (secondary N) is 2. The maximum absolute atomic E-state index is 12.4. The number of aliphatic imine (C=N–C) groups is 1. The summed E-state index contributed by atoms with van der Waals surface area (Å²) < 4.78 is 5.53.